The summed E-state index contributed by atoms with van der Waals surface area (Å²) in [5, 5.41) is 14.1. The summed E-state index contributed by atoms with van der Waals surface area (Å²) in [6.45, 7) is 0. The van der Waals surface area contributed by atoms with Gasteiger partial charge in [0.25, 0.3) is 11.5 Å². The molecule has 1 amide bonds. The summed E-state index contributed by atoms with van der Waals surface area (Å²) < 4.78 is 14.6. The number of aromatic amines is 1. The Morgan fingerprint density at radius 2 is 1.86 bits per heavy atom. The van der Waals surface area contributed by atoms with E-state index in [-0.39, 0.29) is 16.3 Å². The third-order valence-electron chi connectivity index (χ3n) is 3.69. The predicted molar refractivity (Wildman–Crippen MR) is 101 cm³/mol. The zero-order valence-electron chi connectivity index (χ0n) is 14.0. The monoisotopic (exact) mass is 402 g/mol. The number of halogens is 2. The number of carbonyl (C=O) groups excluding carboxylic acids is 1. The normalized spacial score (nSPS) is 10.9. The number of amides is 1. The van der Waals surface area contributed by atoms with Crippen molar-refractivity contribution in [3.63, 3.8) is 0 Å². The summed E-state index contributed by atoms with van der Waals surface area (Å²) in [5.74, 6) is -2.28. The lowest BCUT2D eigenvalue weighted by atomic mass is 10.2. The molecule has 0 spiro atoms. The van der Waals surface area contributed by atoms with Crippen LogP contribution in [0.25, 0.3) is 5.69 Å². The highest BCUT2D eigenvalue weighted by Crippen LogP contribution is 2.18. The van der Waals surface area contributed by atoms with Crippen molar-refractivity contribution in [2.24, 2.45) is 5.10 Å². The lowest BCUT2D eigenvalue weighted by molar-refractivity contribution is 0.0955. The summed E-state index contributed by atoms with van der Waals surface area (Å²) in [7, 11) is 0. The van der Waals surface area contributed by atoms with Gasteiger partial charge in [0, 0.05) is 0 Å². The number of aromatic hydroxyl groups is 1. The summed E-state index contributed by atoms with van der Waals surface area (Å²) >= 11 is 5.91. The van der Waals surface area contributed by atoms with Gasteiger partial charge < -0.3 is 5.11 Å². The highest BCUT2D eigenvalue weighted by Gasteiger charge is 2.16. The van der Waals surface area contributed by atoms with Crippen LogP contribution in [-0.4, -0.2) is 26.8 Å². The Hall–Kier alpha value is -3.72. The molecule has 1 heterocycles. The quantitative estimate of drug-likeness (QED) is 0.455. The highest BCUT2D eigenvalue weighted by atomic mass is 35.5. The first-order valence-corrected chi connectivity index (χ1v) is 8.19. The first kappa shape index (κ1) is 19.1. The third kappa shape index (κ3) is 3.69. The molecule has 0 saturated carbocycles. The van der Waals surface area contributed by atoms with Crippen molar-refractivity contribution < 1.29 is 14.3 Å². The topological polar surface area (TPSA) is 117 Å². The first-order chi connectivity index (χ1) is 13.4. The van der Waals surface area contributed by atoms with Crippen LogP contribution >= 0.6 is 11.6 Å². The SMILES string of the molecule is O=C(NN=Cc1c(O)n(-c2ccccc2F)c(=O)[nH]c1=O)c1ccccc1Cl. The van der Waals surface area contributed by atoms with E-state index in [1.54, 1.807) is 12.1 Å². The van der Waals surface area contributed by atoms with Crippen LogP contribution in [-0.2, 0) is 0 Å². The van der Waals surface area contributed by atoms with Crippen molar-refractivity contribution in [2.45, 2.75) is 0 Å². The molecule has 0 aliphatic rings. The second kappa shape index (κ2) is 7.89. The van der Waals surface area contributed by atoms with Crippen molar-refractivity contribution in [3.8, 4) is 11.6 Å². The Morgan fingerprint density at radius 3 is 2.57 bits per heavy atom. The molecule has 0 saturated heterocycles. The molecule has 3 N–H and O–H groups in total. The van der Waals surface area contributed by atoms with Crippen molar-refractivity contribution in [1.29, 1.82) is 0 Å². The maximum atomic E-state index is 14.0. The van der Waals surface area contributed by atoms with Gasteiger partial charge in [-0.3, -0.25) is 14.6 Å². The van der Waals surface area contributed by atoms with E-state index >= 15 is 0 Å². The minimum Gasteiger partial charge on any atom is -0.493 e. The molecule has 10 heteroatoms. The van der Waals surface area contributed by atoms with Gasteiger partial charge in [-0.25, -0.2) is 19.2 Å². The largest absolute Gasteiger partial charge is 0.493 e. The van der Waals surface area contributed by atoms with E-state index in [2.05, 4.69) is 10.5 Å². The van der Waals surface area contributed by atoms with Crippen LogP contribution in [0.4, 0.5) is 4.39 Å². The molecular weight excluding hydrogens is 391 g/mol. The molecule has 0 bridgehead atoms. The number of benzene rings is 2. The van der Waals surface area contributed by atoms with Gasteiger partial charge in [0.1, 0.15) is 11.4 Å². The maximum absolute atomic E-state index is 14.0. The minimum atomic E-state index is -1.04. The van der Waals surface area contributed by atoms with Crippen LogP contribution in [0.1, 0.15) is 15.9 Å². The lowest BCUT2D eigenvalue weighted by Crippen LogP contribution is -2.32. The Kier molecular flexibility index (Phi) is 5.37. The number of hydrazone groups is 1. The van der Waals surface area contributed by atoms with E-state index in [0.717, 1.165) is 12.3 Å². The number of hydrogen-bond acceptors (Lipinski definition) is 5. The molecule has 1 aromatic heterocycles. The molecule has 142 valence electrons. The predicted octanol–water partition coefficient (Wildman–Crippen LogP) is 1.79. The molecule has 8 nitrogen and oxygen atoms in total. The second-order valence-electron chi connectivity index (χ2n) is 5.46. The average Bonchev–Trinajstić information content (AvgIpc) is 2.66. The number of aromatic nitrogens is 2. The van der Waals surface area contributed by atoms with Crippen LogP contribution in [0.2, 0.25) is 5.02 Å². The smallest absolute Gasteiger partial charge is 0.335 e. The molecule has 3 aromatic rings. The van der Waals surface area contributed by atoms with Crippen molar-refractivity contribution in [2.75, 3.05) is 0 Å². The second-order valence-corrected chi connectivity index (χ2v) is 5.87. The first-order valence-electron chi connectivity index (χ1n) is 7.81. The molecule has 2 aromatic carbocycles. The van der Waals surface area contributed by atoms with Gasteiger partial charge in [0.05, 0.1) is 22.5 Å². The standard InChI is InChI=1S/C18H12ClFN4O4/c19-12-6-2-1-5-10(12)16(26)23-21-9-11-15(25)22-18(28)24(17(11)27)14-8-4-3-7-13(14)20/h1-9,27H,(H,23,26)(H,22,25,28). The Balaban J connectivity index is 1.96. The van der Waals surface area contributed by atoms with E-state index in [1.807, 2.05) is 4.98 Å². The van der Waals surface area contributed by atoms with E-state index in [0.29, 0.717) is 4.57 Å². The number of hydrogen-bond donors (Lipinski definition) is 3. The number of nitrogens with zero attached hydrogens (tertiary/aromatic N) is 2. The van der Waals surface area contributed by atoms with Crippen LogP contribution < -0.4 is 16.7 Å². The summed E-state index contributed by atoms with van der Waals surface area (Å²) in [6.07, 6.45) is 0.833. The van der Waals surface area contributed by atoms with Gasteiger partial charge in [-0.15, -0.1) is 0 Å². The zero-order chi connectivity index (χ0) is 20.3. The fraction of sp³-hybridized carbons (Fsp3) is 0. The third-order valence-corrected chi connectivity index (χ3v) is 4.02. The van der Waals surface area contributed by atoms with Crippen molar-refractivity contribution >= 4 is 23.7 Å². The number of rotatable bonds is 4. The molecule has 0 fully saturated rings. The fourth-order valence-electron chi connectivity index (χ4n) is 2.37. The lowest BCUT2D eigenvalue weighted by Gasteiger charge is -2.10. The number of nitrogens with one attached hydrogen (secondary N) is 2. The van der Waals surface area contributed by atoms with Gasteiger partial charge >= 0.3 is 5.69 Å². The van der Waals surface area contributed by atoms with Crippen molar-refractivity contribution in [1.82, 2.24) is 15.0 Å². The van der Waals surface area contributed by atoms with E-state index in [4.69, 9.17) is 11.6 Å². The van der Waals surface area contributed by atoms with E-state index < -0.39 is 34.4 Å². The summed E-state index contributed by atoms with van der Waals surface area (Å²) in [6, 6.07) is 11.4. The fourth-order valence-corrected chi connectivity index (χ4v) is 2.59. The molecule has 28 heavy (non-hydrogen) atoms. The number of para-hydroxylation sites is 1. The van der Waals surface area contributed by atoms with E-state index in [1.165, 1.54) is 30.3 Å². The van der Waals surface area contributed by atoms with Crippen molar-refractivity contribution in [3.05, 3.63) is 91.3 Å². The molecule has 0 atom stereocenters. The Labute approximate surface area is 161 Å². The Bertz CT molecular complexity index is 1200. The zero-order valence-corrected chi connectivity index (χ0v) is 14.8. The van der Waals surface area contributed by atoms with Crippen LogP contribution in [0.3, 0.4) is 0 Å². The van der Waals surface area contributed by atoms with Crippen LogP contribution in [0, 0.1) is 5.82 Å². The molecule has 0 unspecified atom stereocenters. The van der Waals surface area contributed by atoms with Crippen LogP contribution in [0.5, 0.6) is 5.88 Å². The molecule has 0 aliphatic carbocycles. The molecular formula is C18H12ClFN4O4. The molecule has 0 aliphatic heterocycles. The van der Waals surface area contributed by atoms with Gasteiger partial charge in [0.15, 0.2) is 0 Å². The summed E-state index contributed by atoms with van der Waals surface area (Å²) in [4.78, 5) is 38.0. The minimum absolute atomic E-state index is 0.149. The van der Waals surface area contributed by atoms with Gasteiger partial charge in [-0.05, 0) is 24.3 Å². The maximum Gasteiger partial charge on any atom is 0.335 e. The molecule has 0 radical (unpaired) electrons. The van der Waals surface area contributed by atoms with Gasteiger partial charge in [-0.1, -0.05) is 35.9 Å². The van der Waals surface area contributed by atoms with E-state index in [9.17, 15) is 23.9 Å². The molecule has 3 rings (SSSR count). The summed E-state index contributed by atoms with van der Waals surface area (Å²) in [5.41, 5.74) is -0.430. The average molecular weight is 403 g/mol. The van der Waals surface area contributed by atoms with Gasteiger partial charge in [0.2, 0.25) is 5.88 Å². The Morgan fingerprint density at radius 1 is 1.18 bits per heavy atom. The van der Waals surface area contributed by atoms with Crippen LogP contribution in [0.15, 0.2) is 63.2 Å². The number of H-pyrrole nitrogens is 1. The van der Waals surface area contributed by atoms with Gasteiger partial charge in [-0.2, -0.15) is 5.10 Å². The number of carbonyl (C=O) groups is 1. The highest BCUT2D eigenvalue weighted by molar-refractivity contribution is 6.33.